The van der Waals surface area contributed by atoms with Crippen molar-refractivity contribution in [1.82, 2.24) is 10.9 Å². The third kappa shape index (κ3) is 8.72. The average molecular weight is 431 g/mol. The molecular formula is C27H34N4O. The summed E-state index contributed by atoms with van der Waals surface area (Å²) in [5, 5.41) is 8.52. The molecule has 2 aromatic carbocycles. The molecule has 2 aromatic rings. The van der Waals surface area contributed by atoms with E-state index in [9.17, 15) is 4.79 Å². The van der Waals surface area contributed by atoms with Crippen LogP contribution in [0.15, 0.2) is 70.9 Å². The number of nitrogens with one attached hydrogen (secondary N) is 2. The van der Waals surface area contributed by atoms with Crippen LogP contribution in [0.4, 0.5) is 4.79 Å². The quantitative estimate of drug-likeness (QED) is 0.372. The Morgan fingerprint density at radius 2 is 1.03 bits per heavy atom. The molecule has 0 saturated heterocycles. The number of carbonyl (C=O) groups is 1. The van der Waals surface area contributed by atoms with Gasteiger partial charge in [0.1, 0.15) is 0 Å². The number of hydrogen-bond donors (Lipinski definition) is 2. The highest BCUT2D eigenvalue weighted by Gasteiger charge is 2.05. The first-order chi connectivity index (χ1) is 15.2. The van der Waals surface area contributed by atoms with Gasteiger partial charge in [0.05, 0.1) is 11.4 Å². The second-order valence-corrected chi connectivity index (χ2v) is 8.42. The molecule has 0 bridgehead atoms. The van der Waals surface area contributed by atoms with E-state index >= 15 is 0 Å². The van der Waals surface area contributed by atoms with Crippen LogP contribution in [-0.4, -0.2) is 17.5 Å². The monoisotopic (exact) mass is 430 g/mol. The molecule has 0 heterocycles. The Kier molecular flexibility index (Phi) is 9.61. The average Bonchev–Trinajstić information content (AvgIpc) is 2.75. The third-order valence-electron chi connectivity index (χ3n) is 4.80. The number of rotatable bonds is 8. The van der Waals surface area contributed by atoms with Crippen molar-refractivity contribution < 1.29 is 4.79 Å². The van der Waals surface area contributed by atoms with E-state index < -0.39 is 6.03 Å². The van der Waals surface area contributed by atoms with Gasteiger partial charge in [-0.1, -0.05) is 99.5 Å². The molecule has 32 heavy (non-hydrogen) atoms. The van der Waals surface area contributed by atoms with E-state index in [1.54, 1.807) is 0 Å². The first kappa shape index (κ1) is 24.8. The molecule has 0 saturated carbocycles. The van der Waals surface area contributed by atoms with Crippen LogP contribution in [0.2, 0.25) is 0 Å². The van der Waals surface area contributed by atoms with Crippen molar-refractivity contribution in [3.05, 3.63) is 82.9 Å². The molecule has 0 unspecified atom stereocenters. The molecule has 2 rings (SSSR count). The summed E-state index contributed by atoms with van der Waals surface area (Å²) in [6.07, 6.45) is 7.82. The SMILES string of the molecule is Cc1ccc(/C=C\C(=N\NC(=O)N/N=C(/C=C/c2ccc(C)cc2)C(C)C)C(C)C)cc1. The standard InChI is InChI=1S/C27H34N4O/c1-19(2)25(17-15-23-11-7-21(5)8-12-23)28-30-27(32)31-29-26(20(3)4)18-16-24-13-9-22(6)10-14-24/h7-20H,1-6H3,(H2,30,31,32)/b17-15-,18-16+,28-25-,29-26-. The summed E-state index contributed by atoms with van der Waals surface area (Å²) in [6, 6.07) is 16.0. The Bertz CT molecular complexity index is 913. The van der Waals surface area contributed by atoms with Gasteiger partial charge < -0.3 is 0 Å². The number of nitrogens with zero attached hydrogens (tertiary/aromatic N) is 2. The maximum atomic E-state index is 12.2. The van der Waals surface area contributed by atoms with Crippen molar-refractivity contribution in [2.24, 2.45) is 22.0 Å². The summed E-state index contributed by atoms with van der Waals surface area (Å²) >= 11 is 0. The van der Waals surface area contributed by atoms with Gasteiger partial charge in [0.15, 0.2) is 0 Å². The summed E-state index contributed by atoms with van der Waals surface area (Å²) in [5.41, 5.74) is 11.2. The molecular weight excluding hydrogens is 396 g/mol. The van der Waals surface area contributed by atoms with Gasteiger partial charge in [-0.25, -0.2) is 15.6 Å². The van der Waals surface area contributed by atoms with Gasteiger partial charge in [-0.3, -0.25) is 0 Å². The van der Waals surface area contributed by atoms with Gasteiger partial charge in [0.2, 0.25) is 0 Å². The zero-order valence-electron chi connectivity index (χ0n) is 19.9. The lowest BCUT2D eigenvalue weighted by Gasteiger charge is -2.08. The first-order valence-corrected chi connectivity index (χ1v) is 10.9. The van der Waals surface area contributed by atoms with Gasteiger partial charge >= 0.3 is 6.03 Å². The second kappa shape index (κ2) is 12.4. The highest BCUT2D eigenvalue weighted by Crippen LogP contribution is 2.08. The molecule has 5 nitrogen and oxygen atoms in total. The Morgan fingerprint density at radius 1 is 0.688 bits per heavy atom. The smallest absolute Gasteiger partial charge is 0.245 e. The van der Waals surface area contributed by atoms with Crippen LogP contribution < -0.4 is 10.9 Å². The summed E-state index contributed by atoms with van der Waals surface area (Å²) < 4.78 is 0. The van der Waals surface area contributed by atoms with Crippen molar-refractivity contribution in [1.29, 1.82) is 0 Å². The Balaban J connectivity index is 2.01. The number of carbonyl (C=O) groups excluding carboxylic acids is 1. The lowest BCUT2D eigenvalue weighted by Crippen LogP contribution is -2.31. The number of allylic oxidation sites excluding steroid dienone is 2. The summed E-state index contributed by atoms with van der Waals surface area (Å²) in [4.78, 5) is 12.2. The molecule has 0 atom stereocenters. The molecule has 2 N–H and O–H groups in total. The van der Waals surface area contributed by atoms with Gasteiger partial charge in [0.25, 0.3) is 0 Å². The van der Waals surface area contributed by atoms with Crippen molar-refractivity contribution in [3.8, 4) is 0 Å². The van der Waals surface area contributed by atoms with Crippen molar-refractivity contribution in [2.45, 2.75) is 41.5 Å². The highest BCUT2D eigenvalue weighted by molar-refractivity contribution is 6.01. The zero-order chi connectivity index (χ0) is 23.5. The number of hydrogen-bond acceptors (Lipinski definition) is 3. The topological polar surface area (TPSA) is 65.8 Å². The highest BCUT2D eigenvalue weighted by atomic mass is 16.2. The number of aryl methyl sites for hydroxylation is 2. The van der Waals surface area contributed by atoms with E-state index in [1.807, 2.05) is 52.0 Å². The van der Waals surface area contributed by atoms with Gasteiger partial charge in [0, 0.05) is 0 Å². The molecule has 0 radical (unpaired) electrons. The van der Waals surface area contributed by atoms with Crippen LogP contribution in [0.5, 0.6) is 0 Å². The number of amides is 2. The Labute approximate surface area is 192 Å². The molecule has 0 fully saturated rings. The minimum Gasteiger partial charge on any atom is -0.245 e. The maximum absolute atomic E-state index is 12.2. The van der Waals surface area contributed by atoms with Crippen LogP contribution in [0.1, 0.15) is 49.9 Å². The van der Waals surface area contributed by atoms with E-state index in [1.165, 1.54) is 11.1 Å². The minimum atomic E-state index is -0.478. The lowest BCUT2D eigenvalue weighted by atomic mass is 10.1. The first-order valence-electron chi connectivity index (χ1n) is 10.9. The molecule has 0 aliphatic rings. The van der Waals surface area contributed by atoms with Crippen LogP contribution in [-0.2, 0) is 0 Å². The fourth-order valence-corrected chi connectivity index (χ4v) is 2.69. The maximum Gasteiger partial charge on any atom is 0.355 e. The van der Waals surface area contributed by atoms with Crippen molar-refractivity contribution in [2.75, 3.05) is 0 Å². The van der Waals surface area contributed by atoms with E-state index in [0.29, 0.717) is 0 Å². The van der Waals surface area contributed by atoms with E-state index in [0.717, 1.165) is 22.6 Å². The molecule has 0 spiro atoms. The predicted octanol–water partition coefficient (Wildman–Crippen LogP) is 6.35. The molecule has 2 amide bonds. The van der Waals surface area contributed by atoms with Crippen molar-refractivity contribution in [3.63, 3.8) is 0 Å². The second-order valence-electron chi connectivity index (χ2n) is 8.42. The number of urea groups is 1. The summed E-state index contributed by atoms with van der Waals surface area (Å²) in [6.45, 7) is 12.2. The zero-order valence-corrected chi connectivity index (χ0v) is 19.9. The van der Waals surface area contributed by atoms with Crippen molar-refractivity contribution >= 4 is 29.6 Å². The number of benzene rings is 2. The van der Waals surface area contributed by atoms with E-state index in [-0.39, 0.29) is 11.8 Å². The third-order valence-corrected chi connectivity index (χ3v) is 4.80. The van der Waals surface area contributed by atoms with Crippen LogP contribution in [0.3, 0.4) is 0 Å². The predicted molar refractivity (Wildman–Crippen MR) is 137 cm³/mol. The Morgan fingerprint density at radius 3 is 1.34 bits per heavy atom. The fourth-order valence-electron chi connectivity index (χ4n) is 2.69. The summed E-state index contributed by atoms with van der Waals surface area (Å²) in [7, 11) is 0. The van der Waals surface area contributed by atoms with Crippen LogP contribution >= 0.6 is 0 Å². The van der Waals surface area contributed by atoms with E-state index in [4.69, 9.17) is 0 Å². The minimum absolute atomic E-state index is 0.157. The normalized spacial score (nSPS) is 12.9. The van der Waals surface area contributed by atoms with Gasteiger partial charge in [-0.15, -0.1) is 0 Å². The summed E-state index contributed by atoms with van der Waals surface area (Å²) in [5.74, 6) is 0.313. The van der Waals surface area contributed by atoms with Crippen LogP contribution in [0.25, 0.3) is 12.2 Å². The van der Waals surface area contributed by atoms with Crippen LogP contribution in [0, 0.1) is 25.7 Å². The molecule has 168 valence electrons. The lowest BCUT2D eigenvalue weighted by molar-refractivity contribution is 0.241. The fraction of sp³-hybridized carbons (Fsp3) is 0.296. The molecule has 0 aromatic heterocycles. The van der Waals surface area contributed by atoms with E-state index in [2.05, 4.69) is 83.4 Å². The van der Waals surface area contributed by atoms with Gasteiger partial charge in [-0.2, -0.15) is 10.2 Å². The number of hydrazone groups is 2. The van der Waals surface area contributed by atoms with Gasteiger partial charge in [-0.05, 0) is 49.0 Å². The largest absolute Gasteiger partial charge is 0.355 e. The Hall–Kier alpha value is -3.47. The molecule has 0 aliphatic carbocycles. The molecule has 5 heteroatoms. The molecule has 0 aliphatic heterocycles.